The number of anilines is 2. The Morgan fingerprint density at radius 1 is 1.17 bits per heavy atom. The topological polar surface area (TPSA) is 54.5 Å². The van der Waals surface area contributed by atoms with E-state index >= 15 is 0 Å². The number of benzene rings is 1. The lowest BCUT2D eigenvalue weighted by molar-refractivity contribution is 0.0725. The summed E-state index contributed by atoms with van der Waals surface area (Å²) in [7, 11) is 1.63. The maximum absolute atomic E-state index is 12.8. The minimum atomic E-state index is 0.0446. The van der Waals surface area contributed by atoms with Gasteiger partial charge in [-0.2, -0.15) is 0 Å². The van der Waals surface area contributed by atoms with Crippen molar-refractivity contribution in [3.8, 4) is 5.75 Å². The van der Waals surface area contributed by atoms with Crippen molar-refractivity contribution in [3.05, 3.63) is 48.2 Å². The second-order valence-corrected chi connectivity index (χ2v) is 5.61. The molecule has 23 heavy (non-hydrogen) atoms. The van der Waals surface area contributed by atoms with Crippen LogP contribution in [0.1, 0.15) is 29.6 Å². The molecule has 3 rings (SSSR count). The third-order valence-corrected chi connectivity index (χ3v) is 4.01. The molecule has 1 aromatic carbocycles. The number of amides is 1. The molecule has 1 fully saturated rings. The molecule has 0 radical (unpaired) electrons. The van der Waals surface area contributed by atoms with Crippen LogP contribution in [0.3, 0.4) is 0 Å². The molecule has 1 aliphatic heterocycles. The van der Waals surface area contributed by atoms with E-state index in [2.05, 4.69) is 10.3 Å². The molecule has 0 unspecified atom stereocenters. The van der Waals surface area contributed by atoms with Crippen molar-refractivity contribution in [1.82, 2.24) is 9.88 Å². The van der Waals surface area contributed by atoms with Gasteiger partial charge < -0.3 is 15.0 Å². The number of nitrogens with zero attached hydrogens (tertiary/aromatic N) is 2. The van der Waals surface area contributed by atoms with E-state index in [0.717, 1.165) is 37.4 Å². The fourth-order valence-corrected chi connectivity index (χ4v) is 2.78. The van der Waals surface area contributed by atoms with Crippen LogP contribution >= 0.6 is 0 Å². The number of hydrogen-bond acceptors (Lipinski definition) is 4. The summed E-state index contributed by atoms with van der Waals surface area (Å²) < 4.78 is 5.23. The van der Waals surface area contributed by atoms with Crippen LogP contribution in [0, 0.1) is 0 Å². The molecule has 0 atom stereocenters. The second-order valence-electron chi connectivity index (χ2n) is 5.61. The number of rotatable bonds is 4. The van der Waals surface area contributed by atoms with Gasteiger partial charge in [0.1, 0.15) is 11.6 Å². The first-order valence-corrected chi connectivity index (χ1v) is 7.93. The van der Waals surface area contributed by atoms with Gasteiger partial charge in [0.05, 0.1) is 12.7 Å². The molecule has 1 N–H and O–H groups in total. The van der Waals surface area contributed by atoms with Gasteiger partial charge in [-0.1, -0.05) is 6.07 Å². The summed E-state index contributed by atoms with van der Waals surface area (Å²) in [6.45, 7) is 1.65. The van der Waals surface area contributed by atoms with E-state index in [1.165, 1.54) is 6.42 Å². The SMILES string of the molecule is COc1cccc(Nc2ncccc2C(=O)N2CCCCC2)c1. The Labute approximate surface area is 136 Å². The number of nitrogens with one attached hydrogen (secondary N) is 1. The van der Waals surface area contributed by atoms with Crippen LogP contribution in [0.4, 0.5) is 11.5 Å². The van der Waals surface area contributed by atoms with Crippen molar-refractivity contribution in [3.63, 3.8) is 0 Å². The Kier molecular flexibility index (Phi) is 4.76. The van der Waals surface area contributed by atoms with Crippen molar-refractivity contribution < 1.29 is 9.53 Å². The largest absolute Gasteiger partial charge is 0.497 e. The Bertz CT molecular complexity index is 681. The van der Waals surface area contributed by atoms with Crippen molar-refractivity contribution in [1.29, 1.82) is 0 Å². The predicted octanol–water partition coefficient (Wildman–Crippen LogP) is 3.46. The minimum Gasteiger partial charge on any atom is -0.497 e. The highest BCUT2D eigenvalue weighted by Crippen LogP contribution is 2.24. The lowest BCUT2D eigenvalue weighted by Gasteiger charge is -2.27. The molecule has 1 amide bonds. The molecule has 120 valence electrons. The number of carbonyl (C=O) groups excluding carboxylic acids is 1. The average molecular weight is 311 g/mol. The molecular weight excluding hydrogens is 290 g/mol. The third kappa shape index (κ3) is 3.62. The number of piperidine rings is 1. The van der Waals surface area contributed by atoms with Gasteiger partial charge >= 0.3 is 0 Å². The van der Waals surface area contributed by atoms with Crippen LogP contribution in [0.2, 0.25) is 0 Å². The summed E-state index contributed by atoms with van der Waals surface area (Å²) in [5, 5.41) is 3.23. The average Bonchev–Trinajstić information content (AvgIpc) is 2.62. The molecule has 0 bridgehead atoms. The normalized spacial score (nSPS) is 14.4. The first-order valence-electron chi connectivity index (χ1n) is 7.93. The van der Waals surface area contributed by atoms with Crippen molar-refractivity contribution in [2.45, 2.75) is 19.3 Å². The Morgan fingerprint density at radius 3 is 2.78 bits per heavy atom. The van der Waals surface area contributed by atoms with Crippen LogP contribution in [-0.4, -0.2) is 36.0 Å². The Balaban J connectivity index is 1.83. The van der Waals surface area contributed by atoms with Gasteiger partial charge in [-0.15, -0.1) is 0 Å². The number of likely N-dealkylation sites (tertiary alicyclic amines) is 1. The van der Waals surface area contributed by atoms with Crippen LogP contribution in [0.15, 0.2) is 42.6 Å². The number of pyridine rings is 1. The van der Waals surface area contributed by atoms with E-state index in [0.29, 0.717) is 11.4 Å². The molecule has 1 aromatic heterocycles. The zero-order chi connectivity index (χ0) is 16.1. The van der Waals surface area contributed by atoms with Crippen molar-refractivity contribution in [2.24, 2.45) is 0 Å². The molecule has 1 aliphatic rings. The van der Waals surface area contributed by atoms with E-state index in [1.807, 2.05) is 35.2 Å². The number of hydrogen-bond donors (Lipinski definition) is 1. The van der Waals surface area contributed by atoms with Gasteiger partial charge in [-0.3, -0.25) is 4.79 Å². The van der Waals surface area contributed by atoms with Gasteiger partial charge in [0.25, 0.3) is 5.91 Å². The van der Waals surface area contributed by atoms with Crippen LogP contribution in [0.25, 0.3) is 0 Å². The summed E-state index contributed by atoms with van der Waals surface area (Å²) in [6.07, 6.45) is 5.04. The summed E-state index contributed by atoms with van der Waals surface area (Å²) in [6, 6.07) is 11.2. The number of aromatic nitrogens is 1. The maximum Gasteiger partial charge on any atom is 0.257 e. The molecule has 5 nitrogen and oxygen atoms in total. The highest BCUT2D eigenvalue weighted by molar-refractivity contribution is 5.99. The van der Waals surface area contributed by atoms with E-state index in [1.54, 1.807) is 19.4 Å². The highest BCUT2D eigenvalue weighted by atomic mass is 16.5. The lowest BCUT2D eigenvalue weighted by Crippen LogP contribution is -2.36. The third-order valence-electron chi connectivity index (χ3n) is 4.01. The first-order chi connectivity index (χ1) is 11.3. The second kappa shape index (κ2) is 7.13. The monoisotopic (exact) mass is 311 g/mol. The quantitative estimate of drug-likeness (QED) is 0.939. The van der Waals surface area contributed by atoms with Gasteiger partial charge in [-0.05, 0) is 43.5 Å². The van der Waals surface area contributed by atoms with Crippen LogP contribution in [-0.2, 0) is 0 Å². The zero-order valence-corrected chi connectivity index (χ0v) is 13.3. The van der Waals surface area contributed by atoms with Gasteiger partial charge in [0.15, 0.2) is 0 Å². The molecule has 0 saturated carbocycles. The minimum absolute atomic E-state index is 0.0446. The summed E-state index contributed by atoms with van der Waals surface area (Å²) in [5.74, 6) is 1.38. The van der Waals surface area contributed by atoms with Gasteiger partial charge in [0, 0.05) is 31.0 Å². The molecule has 0 aliphatic carbocycles. The summed E-state index contributed by atoms with van der Waals surface area (Å²) in [5.41, 5.74) is 1.45. The Morgan fingerprint density at radius 2 is 2.00 bits per heavy atom. The van der Waals surface area contributed by atoms with Crippen molar-refractivity contribution >= 4 is 17.4 Å². The number of ether oxygens (including phenoxy) is 1. The molecule has 5 heteroatoms. The number of methoxy groups -OCH3 is 1. The predicted molar refractivity (Wildman–Crippen MR) is 90.3 cm³/mol. The van der Waals surface area contributed by atoms with Crippen LogP contribution < -0.4 is 10.1 Å². The Hall–Kier alpha value is -2.56. The van der Waals surface area contributed by atoms with E-state index in [4.69, 9.17) is 4.74 Å². The standard InChI is InChI=1S/C18H21N3O2/c1-23-15-8-5-7-14(13-15)20-17-16(9-6-10-19-17)18(22)21-11-3-2-4-12-21/h5-10,13H,2-4,11-12H2,1H3,(H,19,20). The highest BCUT2D eigenvalue weighted by Gasteiger charge is 2.21. The molecule has 0 spiro atoms. The van der Waals surface area contributed by atoms with E-state index in [9.17, 15) is 4.79 Å². The van der Waals surface area contributed by atoms with Gasteiger partial charge in [0.2, 0.25) is 0 Å². The molecular formula is C18H21N3O2. The smallest absolute Gasteiger partial charge is 0.257 e. The summed E-state index contributed by atoms with van der Waals surface area (Å²) in [4.78, 5) is 19.0. The van der Waals surface area contributed by atoms with Crippen LogP contribution in [0.5, 0.6) is 5.75 Å². The fourth-order valence-electron chi connectivity index (χ4n) is 2.78. The summed E-state index contributed by atoms with van der Waals surface area (Å²) >= 11 is 0. The van der Waals surface area contributed by atoms with E-state index in [-0.39, 0.29) is 5.91 Å². The first kappa shape index (κ1) is 15.3. The van der Waals surface area contributed by atoms with E-state index < -0.39 is 0 Å². The molecule has 1 saturated heterocycles. The van der Waals surface area contributed by atoms with Gasteiger partial charge in [-0.25, -0.2) is 4.98 Å². The zero-order valence-electron chi connectivity index (χ0n) is 13.3. The molecule has 2 heterocycles. The molecule has 2 aromatic rings. The lowest BCUT2D eigenvalue weighted by atomic mass is 10.1. The van der Waals surface area contributed by atoms with Crippen molar-refractivity contribution in [2.75, 3.05) is 25.5 Å². The maximum atomic E-state index is 12.8. The number of carbonyl (C=O) groups is 1. The fraction of sp³-hybridized carbons (Fsp3) is 0.333.